The Morgan fingerprint density at radius 1 is 0.986 bits per heavy atom. The normalized spacial score (nSPS) is 32.0. The Morgan fingerprint density at radius 3 is 2.21 bits per heavy atom. The average Bonchev–Trinajstić information content (AvgIpc) is 3.80. The molecule has 0 spiro atoms. The van der Waals surface area contributed by atoms with Crippen molar-refractivity contribution in [1.82, 2.24) is 20.9 Å². The molecule has 2 unspecified atom stereocenters. The Hall–Kier alpha value is -5.52. The summed E-state index contributed by atoms with van der Waals surface area (Å²) in [5.41, 5.74) is -3.82. The number of carbonyl (C=O) groups is 8. The lowest BCUT2D eigenvalue weighted by atomic mass is 9.44. The number of esters is 3. The number of hydrogen-bond donors (Lipinski definition) is 8. The highest BCUT2D eigenvalue weighted by atomic mass is 16.6. The van der Waals surface area contributed by atoms with Crippen molar-refractivity contribution in [2.75, 3.05) is 26.2 Å². The van der Waals surface area contributed by atoms with Crippen LogP contribution in [-0.4, -0.2) is 165 Å². The second-order valence-electron chi connectivity index (χ2n) is 21.7. The monoisotopic (exact) mass is 1010 g/mol. The fourth-order valence-electron chi connectivity index (χ4n) is 11.4. The van der Waals surface area contributed by atoms with Crippen LogP contribution >= 0.6 is 0 Å². The number of nitrogens with zero attached hydrogens (tertiary/aromatic N) is 1. The summed E-state index contributed by atoms with van der Waals surface area (Å²) < 4.78 is 29.9. The zero-order chi connectivity index (χ0) is 53.6. The quantitative estimate of drug-likeness (QED) is 0.0699. The Labute approximate surface area is 418 Å². The average molecular weight is 1010 g/mol. The molecule has 3 aliphatic carbocycles. The molecule has 0 aromatic heterocycles. The number of alkyl carbamates (subject to hydrolysis) is 1. The van der Waals surface area contributed by atoms with Gasteiger partial charge in [-0.25, -0.2) is 14.4 Å². The fraction of sp³-hybridized carbons (Fsp3) is 0.680. The van der Waals surface area contributed by atoms with Gasteiger partial charge in [-0.2, -0.15) is 0 Å². The number of hydrogen-bond acceptors (Lipinski definition) is 18. The molecule has 2 bridgehead atoms. The first-order valence-electron chi connectivity index (χ1n) is 24.3. The lowest BCUT2D eigenvalue weighted by Gasteiger charge is -2.67. The standard InChI is InChI=1S/C50H71N5O17/c1-24(2)35(53-42(63)28-17-14-18-55(28)33(59)22-52-32(58)21-51)43(64)70-41-39-48(10,30(57)19-31-49(39,23-68-31)71-26(4)56)40(62)37(60)34-25(3)29(20-50(41,67)47(34,8)9)69-44(65)38(61)36(27-15-12-11-13-16-27)54-45(66)72-46(5,6)7/h11-13,15-16,24,28-31,35-39,41,57,60-61,67H,14,17-23,51H2,1-10H3,(H,52,58)(H,53,63)(H,54,66)/t28-,29-,30-,31?,35-,36-,37+,38+,39?,41-,48+,49-,50+/m0/s1. The predicted molar refractivity (Wildman–Crippen MR) is 251 cm³/mol. The molecule has 398 valence electrons. The van der Waals surface area contributed by atoms with Gasteiger partial charge < -0.3 is 70.7 Å². The molecular formula is C50H71N5O17. The van der Waals surface area contributed by atoms with Crippen LogP contribution in [0.2, 0.25) is 0 Å². The van der Waals surface area contributed by atoms with Crippen molar-refractivity contribution in [1.29, 1.82) is 0 Å². The molecule has 22 nitrogen and oxygen atoms in total. The van der Waals surface area contributed by atoms with Gasteiger partial charge in [0.2, 0.25) is 17.7 Å². The van der Waals surface area contributed by atoms with Gasteiger partial charge in [-0.1, -0.05) is 58.0 Å². The van der Waals surface area contributed by atoms with E-state index in [9.17, 15) is 49.2 Å². The smallest absolute Gasteiger partial charge is 0.408 e. The molecule has 4 amide bonds. The van der Waals surface area contributed by atoms with Crippen molar-refractivity contribution >= 4 is 47.5 Å². The molecule has 13 atom stereocenters. The molecule has 0 radical (unpaired) electrons. The van der Waals surface area contributed by atoms with E-state index in [0.29, 0.717) is 6.42 Å². The summed E-state index contributed by atoms with van der Waals surface area (Å²) in [4.78, 5) is 111. The van der Waals surface area contributed by atoms with Crippen LogP contribution in [0.3, 0.4) is 0 Å². The molecule has 22 heteroatoms. The van der Waals surface area contributed by atoms with Crippen molar-refractivity contribution < 1.29 is 82.5 Å². The zero-order valence-electron chi connectivity index (χ0n) is 42.5. The Morgan fingerprint density at radius 2 is 1.64 bits per heavy atom. The second kappa shape index (κ2) is 20.8. The van der Waals surface area contributed by atoms with Crippen LogP contribution in [0.4, 0.5) is 4.79 Å². The SMILES string of the molecule is CC(=O)O[C@@]12COC1C[C@H](O)[C@@]1(C)C(=O)[C@H](O)C3=C(C)[C@@H](OC(=O)[C@H](O)[C@@H](NC(=O)OC(C)(C)C)c4ccccc4)C[C@@](O)([C@@H](OC(=O)[C@@H](NC(=O)[C@@H]4CCCN4C(=O)CNC(=O)CN)C(C)C)C21)C3(C)C. The number of likely N-dealkylation sites (tertiary alicyclic amines) is 1. The molecule has 5 aliphatic rings. The maximum atomic E-state index is 15.3. The van der Waals surface area contributed by atoms with E-state index in [-0.39, 0.29) is 42.6 Å². The van der Waals surface area contributed by atoms with Gasteiger partial charge in [0.15, 0.2) is 17.5 Å². The molecule has 2 heterocycles. The highest BCUT2D eigenvalue weighted by Gasteiger charge is 2.78. The Kier molecular flexibility index (Phi) is 16.1. The molecule has 9 N–H and O–H groups in total. The van der Waals surface area contributed by atoms with Gasteiger partial charge in [-0.15, -0.1) is 0 Å². The van der Waals surface area contributed by atoms with Crippen LogP contribution in [0, 0.1) is 22.7 Å². The number of rotatable bonds is 14. The van der Waals surface area contributed by atoms with E-state index in [2.05, 4.69) is 16.0 Å². The van der Waals surface area contributed by atoms with E-state index in [1.165, 1.54) is 32.6 Å². The van der Waals surface area contributed by atoms with Gasteiger partial charge in [0.05, 0.1) is 43.2 Å². The van der Waals surface area contributed by atoms with E-state index < -0.39 is 161 Å². The first-order chi connectivity index (χ1) is 33.5. The minimum Gasteiger partial charge on any atom is -0.457 e. The predicted octanol–water partition coefficient (Wildman–Crippen LogP) is 0.153. The van der Waals surface area contributed by atoms with E-state index >= 15 is 9.59 Å². The maximum absolute atomic E-state index is 15.3. The minimum atomic E-state index is -2.55. The number of ether oxygens (including phenoxy) is 5. The zero-order valence-corrected chi connectivity index (χ0v) is 42.5. The van der Waals surface area contributed by atoms with Crippen LogP contribution in [0.5, 0.6) is 0 Å². The molecule has 2 saturated heterocycles. The summed E-state index contributed by atoms with van der Waals surface area (Å²) in [6.45, 7) is 13.9. The van der Waals surface area contributed by atoms with E-state index in [1.54, 1.807) is 65.0 Å². The van der Waals surface area contributed by atoms with Gasteiger partial charge >= 0.3 is 24.0 Å². The van der Waals surface area contributed by atoms with Crippen LogP contribution in [0.1, 0.15) is 107 Å². The summed E-state index contributed by atoms with van der Waals surface area (Å²) >= 11 is 0. The van der Waals surface area contributed by atoms with Crippen molar-refractivity contribution in [3.05, 3.63) is 47.0 Å². The summed E-state index contributed by atoms with van der Waals surface area (Å²) in [6, 6.07) is 3.96. The van der Waals surface area contributed by atoms with Crippen molar-refractivity contribution in [3.8, 4) is 0 Å². The van der Waals surface area contributed by atoms with Gasteiger partial charge in [-0.3, -0.25) is 24.0 Å². The maximum Gasteiger partial charge on any atom is 0.408 e. The lowest BCUT2D eigenvalue weighted by molar-refractivity contribution is -0.347. The third-order valence-electron chi connectivity index (χ3n) is 15.3. The second-order valence-corrected chi connectivity index (χ2v) is 21.7. The number of fused-ring (bicyclic) bond motifs is 5. The highest BCUT2D eigenvalue weighted by molar-refractivity contribution is 5.95. The number of aliphatic hydroxyl groups excluding tert-OH is 3. The molecular weight excluding hydrogens is 943 g/mol. The first-order valence-corrected chi connectivity index (χ1v) is 24.3. The number of aliphatic hydroxyl groups is 4. The molecule has 6 rings (SSSR count). The number of carbonyl (C=O) groups excluding carboxylic acids is 8. The molecule has 2 saturated carbocycles. The molecule has 72 heavy (non-hydrogen) atoms. The Balaban J connectivity index is 1.44. The van der Waals surface area contributed by atoms with Gasteiger partial charge in [0.1, 0.15) is 47.7 Å². The lowest BCUT2D eigenvalue weighted by Crippen LogP contribution is -2.82. The van der Waals surface area contributed by atoms with Crippen LogP contribution < -0.4 is 21.7 Å². The van der Waals surface area contributed by atoms with E-state index in [0.717, 1.165) is 6.92 Å². The van der Waals surface area contributed by atoms with Gasteiger partial charge in [0.25, 0.3) is 0 Å². The van der Waals surface area contributed by atoms with Crippen molar-refractivity contribution in [2.24, 2.45) is 28.4 Å². The first kappa shape index (κ1) is 55.8. The molecule has 1 aromatic carbocycles. The van der Waals surface area contributed by atoms with Crippen molar-refractivity contribution in [2.45, 2.75) is 166 Å². The molecule has 4 fully saturated rings. The van der Waals surface area contributed by atoms with Gasteiger partial charge in [-0.05, 0) is 70.1 Å². The van der Waals surface area contributed by atoms with Crippen LogP contribution in [0.25, 0.3) is 0 Å². The van der Waals surface area contributed by atoms with E-state index in [1.807, 2.05) is 0 Å². The van der Waals surface area contributed by atoms with Crippen LogP contribution in [0.15, 0.2) is 41.5 Å². The number of Topliss-reactive ketones (excluding diaryl/α,β-unsaturated/α-hetero) is 1. The van der Waals surface area contributed by atoms with Gasteiger partial charge in [0, 0.05) is 31.7 Å². The Bertz CT molecular complexity index is 2340. The highest BCUT2D eigenvalue weighted by Crippen LogP contribution is 2.64. The minimum absolute atomic E-state index is 0.0741. The summed E-state index contributed by atoms with van der Waals surface area (Å²) in [5, 5.41) is 57.6. The summed E-state index contributed by atoms with van der Waals surface area (Å²) in [5.74, 6) is -8.67. The molecule has 1 aromatic rings. The van der Waals surface area contributed by atoms with Crippen LogP contribution in [-0.2, 0) is 57.2 Å². The number of nitrogens with two attached hydrogens (primary N) is 1. The number of ketones is 1. The summed E-state index contributed by atoms with van der Waals surface area (Å²) in [7, 11) is 0. The van der Waals surface area contributed by atoms with E-state index in [4.69, 9.17) is 29.4 Å². The number of nitrogens with one attached hydrogen (secondary N) is 3. The largest absolute Gasteiger partial charge is 0.457 e. The third-order valence-corrected chi connectivity index (χ3v) is 15.3. The molecule has 2 aliphatic heterocycles. The topological polar surface area (TPSA) is 329 Å². The third kappa shape index (κ3) is 10.2. The fourth-order valence-corrected chi connectivity index (χ4v) is 11.4. The summed E-state index contributed by atoms with van der Waals surface area (Å²) in [6.07, 6.45) is -11.9. The van der Waals surface area contributed by atoms with Crippen molar-refractivity contribution in [3.63, 3.8) is 0 Å². The number of amides is 4. The number of benzene rings is 1.